The van der Waals surface area contributed by atoms with E-state index in [0.29, 0.717) is 19.3 Å². The minimum Gasteiger partial charge on any atom is -0.378 e. The van der Waals surface area contributed by atoms with E-state index in [9.17, 15) is 4.79 Å². The van der Waals surface area contributed by atoms with Crippen LogP contribution in [0.2, 0.25) is 0 Å². The first-order valence-electron chi connectivity index (χ1n) is 9.20. The normalized spacial score (nSPS) is 38.0. The van der Waals surface area contributed by atoms with Crippen molar-refractivity contribution in [3.8, 4) is 0 Å². The number of carbonyl (C=O) groups is 1. The average molecular weight is 320 g/mol. The van der Waals surface area contributed by atoms with Crippen LogP contribution in [-0.4, -0.2) is 73.9 Å². The number of fused-ring (bicyclic) bond motifs is 1. The van der Waals surface area contributed by atoms with Crippen LogP contribution in [0.1, 0.15) is 25.7 Å². The maximum Gasteiger partial charge on any atom is 0.229 e. The summed E-state index contributed by atoms with van der Waals surface area (Å²) in [6.45, 7) is 5.63. The third-order valence-electron chi connectivity index (χ3n) is 5.91. The molecule has 1 amide bonds. The Bertz CT molecular complexity index is 461. The van der Waals surface area contributed by atoms with Crippen LogP contribution < -0.4 is 0 Å². The molecule has 23 heavy (non-hydrogen) atoms. The average Bonchev–Trinajstić information content (AvgIpc) is 3.20. The number of amides is 1. The van der Waals surface area contributed by atoms with Gasteiger partial charge in [-0.25, -0.2) is 0 Å². The molecule has 5 nitrogen and oxygen atoms in total. The topological polar surface area (TPSA) is 42.0 Å². The third-order valence-corrected chi connectivity index (χ3v) is 5.91. The SMILES string of the molecule is O=C([C@H]1CN(C[C@H]2CC=CCC2)[C@@H]2CCO[C@H]12)N1CCOCC1. The fourth-order valence-corrected chi connectivity index (χ4v) is 4.67. The molecule has 0 bridgehead atoms. The Hall–Kier alpha value is -0.910. The molecule has 5 heteroatoms. The first-order valence-corrected chi connectivity index (χ1v) is 9.20. The monoisotopic (exact) mass is 320 g/mol. The standard InChI is InChI=1S/C18H28N2O3/c21-18(19-7-10-22-11-8-19)15-13-20(16-6-9-23-17(15)16)12-14-4-2-1-3-5-14/h1-2,14-17H,3-13H2/t14-,15-,16+,17+/m0/s1. The maximum atomic E-state index is 12.9. The van der Waals surface area contributed by atoms with E-state index in [-0.39, 0.29) is 17.9 Å². The predicted molar refractivity (Wildman–Crippen MR) is 87.1 cm³/mol. The minimum atomic E-state index is 0.0275. The van der Waals surface area contributed by atoms with Crippen LogP contribution >= 0.6 is 0 Å². The van der Waals surface area contributed by atoms with E-state index in [2.05, 4.69) is 17.1 Å². The second-order valence-corrected chi connectivity index (χ2v) is 7.34. The molecular weight excluding hydrogens is 292 g/mol. The lowest BCUT2D eigenvalue weighted by Gasteiger charge is -2.30. The Kier molecular flexibility index (Phi) is 4.69. The van der Waals surface area contributed by atoms with Gasteiger partial charge in [0.05, 0.1) is 25.2 Å². The Labute approximate surface area is 138 Å². The highest BCUT2D eigenvalue weighted by Gasteiger charge is 2.49. The highest BCUT2D eigenvalue weighted by Crippen LogP contribution is 2.36. The van der Waals surface area contributed by atoms with Crippen molar-refractivity contribution in [3.05, 3.63) is 12.2 Å². The van der Waals surface area contributed by atoms with Crippen molar-refractivity contribution in [1.29, 1.82) is 0 Å². The van der Waals surface area contributed by atoms with Gasteiger partial charge in [-0.3, -0.25) is 9.69 Å². The van der Waals surface area contributed by atoms with Gasteiger partial charge in [0.15, 0.2) is 0 Å². The van der Waals surface area contributed by atoms with Gasteiger partial charge in [0.1, 0.15) is 0 Å². The first kappa shape index (κ1) is 15.6. The van der Waals surface area contributed by atoms with E-state index in [1.165, 1.54) is 19.3 Å². The fourth-order valence-electron chi connectivity index (χ4n) is 4.67. The van der Waals surface area contributed by atoms with Crippen LogP contribution in [0, 0.1) is 11.8 Å². The van der Waals surface area contributed by atoms with Gasteiger partial charge in [0.2, 0.25) is 5.91 Å². The molecule has 0 saturated carbocycles. The molecule has 0 N–H and O–H groups in total. The second-order valence-electron chi connectivity index (χ2n) is 7.34. The van der Waals surface area contributed by atoms with E-state index < -0.39 is 0 Å². The molecule has 0 aromatic rings. The number of hydrogen-bond donors (Lipinski definition) is 0. The van der Waals surface area contributed by atoms with Gasteiger partial charge in [0, 0.05) is 38.8 Å². The largest absolute Gasteiger partial charge is 0.378 e. The Morgan fingerprint density at radius 2 is 2.00 bits per heavy atom. The van der Waals surface area contributed by atoms with E-state index in [1.807, 2.05) is 4.90 Å². The van der Waals surface area contributed by atoms with E-state index in [4.69, 9.17) is 9.47 Å². The molecule has 4 atom stereocenters. The van der Waals surface area contributed by atoms with E-state index in [1.54, 1.807) is 0 Å². The summed E-state index contributed by atoms with van der Waals surface area (Å²) < 4.78 is 11.4. The zero-order valence-corrected chi connectivity index (χ0v) is 13.9. The van der Waals surface area contributed by atoms with Gasteiger partial charge >= 0.3 is 0 Å². The molecule has 4 rings (SSSR count). The number of allylic oxidation sites excluding steroid dienone is 2. The molecule has 4 aliphatic rings. The summed E-state index contributed by atoms with van der Waals surface area (Å²) in [6.07, 6.45) is 9.50. The number of ether oxygens (including phenoxy) is 2. The molecule has 0 radical (unpaired) electrons. The zero-order chi connectivity index (χ0) is 15.6. The summed E-state index contributed by atoms with van der Waals surface area (Å²) in [7, 11) is 0. The van der Waals surface area contributed by atoms with Gasteiger partial charge in [-0.2, -0.15) is 0 Å². The summed E-state index contributed by atoms with van der Waals surface area (Å²) in [6, 6.07) is 0.455. The lowest BCUT2D eigenvalue weighted by Crippen LogP contribution is -2.46. The Balaban J connectivity index is 1.42. The molecule has 1 aliphatic carbocycles. The van der Waals surface area contributed by atoms with Crippen LogP contribution in [0.15, 0.2) is 12.2 Å². The van der Waals surface area contributed by atoms with Crippen molar-refractivity contribution < 1.29 is 14.3 Å². The zero-order valence-electron chi connectivity index (χ0n) is 13.9. The van der Waals surface area contributed by atoms with E-state index >= 15 is 0 Å². The van der Waals surface area contributed by atoms with Gasteiger partial charge in [-0.15, -0.1) is 0 Å². The van der Waals surface area contributed by atoms with Crippen molar-refractivity contribution in [2.45, 2.75) is 37.8 Å². The number of nitrogens with zero attached hydrogens (tertiary/aromatic N) is 2. The maximum absolute atomic E-state index is 12.9. The summed E-state index contributed by atoms with van der Waals surface area (Å²) in [4.78, 5) is 17.5. The smallest absolute Gasteiger partial charge is 0.229 e. The van der Waals surface area contributed by atoms with Crippen molar-refractivity contribution in [3.63, 3.8) is 0 Å². The van der Waals surface area contributed by atoms with Crippen molar-refractivity contribution in [2.24, 2.45) is 11.8 Å². The van der Waals surface area contributed by atoms with Crippen LogP contribution in [0.25, 0.3) is 0 Å². The number of hydrogen-bond acceptors (Lipinski definition) is 4. The van der Waals surface area contributed by atoms with Crippen LogP contribution in [0.4, 0.5) is 0 Å². The molecule has 128 valence electrons. The van der Waals surface area contributed by atoms with Crippen LogP contribution in [0.5, 0.6) is 0 Å². The number of rotatable bonds is 3. The van der Waals surface area contributed by atoms with Crippen molar-refractivity contribution >= 4 is 5.91 Å². The molecule has 0 aromatic heterocycles. The molecule has 3 fully saturated rings. The van der Waals surface area contributed by atoms with Gasteiger partial charge in [0.25, 0.3) is 0 Å². The van der Waals surface area contributed by atoms with Crippen LogP contribution in [0.3, 0.4) is 0 Å². The van der Waals surface area contributed by atoms with Gasteiger partial charge in [-0.1, -0.05) is 12.2 Å². The minimum absolute atomic E-state index is 0.0275. The van der Waals surface area contributed by atoms with E-state index in [0.717, 1.165) is 45.1 Å². The van der Waals surface area contributed by atoms with Gasteiger partial charge in [-0.05, 0) is 31.6 Å². The second kappa shape index (κ2) is 6.91. The number of likely N-dealkylation sites (tertiary alicyclic amines) is 1. The third kappa shape index (κ3) is 3.19. The first-order chi connectivity index (χ1) is 11.3. The lowest BCUT2D eigenvalue weighted by atomic mass is 9.93. The predicted octanol–water partition coefficient (Wildman–Crippen LogP) is 1.29. The fraction of sp³-hybridized carbons (Fsp3) is 0.833. The lowest BCUT2D eigenvalue weighted by molar-refractivity contribution is -0.142. The summed E-state index contributed by atoms with van der Waals surface area (Å²) in [5.41, 5.74) is 0. The summed E-state index contributed by atoms with van der Waals surface area (Å²) >= 11 is 0. The molecule has 0 aromatic carbocycles. The summed E-state index contributed by atoms with van der Waals surface area (Å²) in [5.74, 6) is 1.06. The number of morpholine rings is 1. The molecule has 0 spiro atoms. The van der Waals surface area contributed by atoms with Crippen LogP contribution in [-0.2, 0) is 14.3 Å². The quantitative estimate of drug-likeness (QED) is 0.735. The Morgan fingerprint density at radius 3 is 2.78 bits per heavy atom. The number of carbonyl (C=O) groups excluding carboxylic acids is 1. The molecule has 3 aliphatic heterocycles. The van der Waals surface area contributed by atoms with Crippen molar-refractivity contribution in [1.82, 2.24) is 9.80 Å². The highest BCUT2D eigenvalue weighted by molar-refractivity contribution is 5.80. The molecule has 3 heterocycles. The summed E-state index contributed by atoms with van der Waals surface area (Å²) in [5, 5.41) is 0. The highest BCUT2D eigenvalue weighted by atomic mass is 16.5. The van der Waals surface area contributed by atoms with Gasteiger partial charge < -0.3 is 14.4 Å². The molecular formula is C18H28N2O3. The Morgan fingerprint density at radius 1 is 1.13 bits per heavy atom. The molecule has 0 unspecified atom stereocenters. The van der Waals surface area contributed by atoms with Crippen molar-refractivity contribution in [2.75, 3.05) is 46.0 Å². The molecule has 3 saturated heterocycles.